The highest BCUT2D eigenvalue weighted by atomic mass is 14.8. The number of fused-ring (bicyclic) bond motifs is 1. The molecule has 98 valence electrons. The average molecular weight is 251 g/mol. The largest absolute Gasteiger partial charge is 0.316 e. The van der Waals surface area contributed by atoms with Gasteiger partial charge in [0, 0.05) is 6.54 Å². The molecule has 0 fully saturated rings. The summed E-state index contributed by atoms with van der Waals surface area (Å²) in [7, 11) is 1.99. The van der Waals surface area contributed by atoms with Crippen molar-refractivity contribution in [2.75, 3.05) is 7.05 Å². The van der Waals surface area contributed by atoms with Gasteiger partial charge in [-0.15, -0.1) is 0 Å². The van der Waals surface area contributed by atoms with E-state index in [2.05, 4.69) is 47.8 Å². The van der Waals surface area contributed by atoms with E-state index in [0.717, 1.165) is 6.54 Å². The first-order valence-corrected chi connectivity index (χ1v) is 7.22. The Bertz CT molecular complexity index is 572. The Kier molecular flexibility index (Phi) is 3.65. The molecular formula is C18H21N. The van der Waals surface area contributed by atoms with Crippen LogP contribution >= 0.6 is 0 Å². The van der Waals surface area contributed by atoms with E-state index in [0.29, 0.717) is 0 Å². The second-order valence-electron chi connectivity index (χ2n) is 5.42. The van der Waals surface area contributed by atoms with Gasteiger partial charge in [-0.2, -0.15) is 0 Å². The Hall–Kier alpha value is -1.60. The highest BCUT2D eigenvalue weighted by Crippen LogP contribution is 2.27. The third kappa shape index (κ3) is 2.71. The third-order valence-corrected chi connectivity index (χ3v) is 3.99. The van der Waals surface area contributed by atoms with Gasteiger partial charge in [0.05, 0.1) is 0 Å². The predicted molar refractivity (Wildman–Crippen MR) is 81.3 cm³/mol. The summed E-state index contributed by atoms with van der Waals surface area (Å²) < 4.78 is 0. The summed E-state index contributed by atoms with van der Waals surface area (Å²) in [4.78, 5) is 0. The number of hydrogen-bond donors (Lipinski definition) is 1. The van der Waals surface area contributed by atoms with E-state index < -0.39 is 0 Å². The molecule has 1 aliphatic carbocycles. The van der Waals surface area contributed by atoms with E-state index in [1.165, 1.54) is 42.4 Å². The summed E-state index contributed by atoms with van der Waals surface area (Å²) >= 11 is 0. The normalized spacial score (nSPS) is 14.2. The van der Waals surface area contributed by atoms with Crippen LogP contribution in [0.1, 0.15) is 29.5 Å². The maximum atomic E-state index is 3.21. The molecule has 0 atom stereocenters. The minimum Gasteiger partial charge on any atom is -0.316 e. The van der Waals surface area contributed by atoms with Crippen LogP contribution in [0.3, 0.4) is 0 Å². The molecule has 3 rings (SSSR count). The zero-order valence-electron chi connectivity index (χ0n) is 11.6. The molecule has 2 aromatic rings. The topological polar surface area (TPSA) is 12.0 Å². The van der Waals surface area contributed by atoms with E-state index in [1.807, 2.05) is 7.05 Å². The molecule has 0 bridgehead atoms. The SMILES string of the molecule is CNCc1cccc(-c2ccc3c(c2)CCCC3)c1. The Labute approximate surface area is 115 Å². The van der Waals surface area contributed by atoms with E-state index >= 15 is 0 Å². The standard InChI is InChI=1S/C18H21N/c1-19-13-14-5-4-8-16(11-14)18-10-9-15-6-2-3-7-17(15)12-18/h4-5,8-12,19H,2-3,6-7,13H2,1H3. The van der Waals surface area contributed by atoms with Crippen molar-refractivity contribution in [1.29, 1.82) is 0 Å². The predicted octanol–water partition coefficient (Wildman–Crippen LogP) is 3.95. The molecule has 0 amide bonds. The molecule has 0 spiro atoms. The molecule has 1 N–H and O–H groups in total. The molecule has 0 unspecified atom stereocenters. The van der Waals surface area contributed by atoms with Gasteiger partial charge in [-0.3, -0.25) is 0 Å². The molecular weight excluding hydrogens is 230 g/mol. The number of benzene rings is 2. The van der Waals surface area contributed by atoms with Gasteiger partial charge >= 0.3 is 0 Å². The van der Waals surface area contributed by atoms with E-state index in [4.69, 9.17) is 0 Å². The van der Waals surface area contributed by atoms with Gasteiger partial charge < -0.3 is 5.32 Å². The average Bonchev–Trinajstić information content (AvgIpc) is 2.47. The maximum Gasteiger partial charge on any atom is 0.0202 e. The minimum atomic E-state index is 0.929. The summed E-state index contributed by atoms with van der Waals surface area (Å²) in [6.45, 7) is 0.929. The van der Waals surface area contributed by atoms with Gasteiger partial charge in [0.2, 0.25) is 0 Å². The highest BCUT2D eigenvalue weighted by molar-refractivity contribution is 5.65. The molecule has 0 radical (unpaired) electrons. The Morgan fingerprint density at radius 3 is 2.53 bits per heavy atom. The Balaban J connectivity index is 1.95. The lowest BCUT2D eigenvalue weighted by Gasteiger charge is -2.17. The van der Waals surface area contributed by atoms with Crippen molar-refractivity contribution in [2.24, 2.45) is 0 Å². The zero-order chi connectivity index (χ0) is 13.1. The third-order valence-electron chi connectivity index (χ3n) is 3.99. The fraction of sp³-hybridized carbons (Fsp3) is 0.333. The van der Waals surface area contributed by atoms with Crippen LogP contribution < -0.4 is 5.32 Å². The van der Waals surface area contributed by atoms with Crippen molar-refractivity contribution >= 4 is 0 Å². The zero-order valence-corrected chi connectivity index (χ0v) is 11.6. The molecule has 19 heavy (non-hydrogen) atoms. The van der Waals surface area contributed by atoms with Gasteiger partial charge in [-0.05, 0) is 66.6 Å². The fourth-order valence-corrected chi connectivity index (χ4v) is 2.98. The fourth-order valence-electron chi connectivity index (χ4n) is 2.98. The minimum absolute atomic E-state index is 0.929. The number of nitrogens with one attached hydrogen (secondary N) is 1. The van der Waals surface area contributed by atoms with E-state index in [1.54, 1.807) is 11.1 Å². The van der Waals surface area contributed by atoms with E-state index in [9.17, 15) is 0 Å². The van der Waals surface area contributed by atoms with Crippen LogP contribution in [0.4, 0.5) is 0 Å². The number of rotatable bonds is 3. The monoisotopic (exact) mass is 251 g/mol. The van der Waals surface area contributed by atoms with Crippen molar-refractivity contribution in [2.45, 2.75) is 32.2 Å². The molecule has 1 nitrogen and oxygen atoms in total. The maximum absolute atomic E-state index is 3.21. The molecule has 1 aliphatic rings. The smallest absolute Gasteiger partial charge is 0.0202 e. The summed E-state index contributed by atoms with van der Waals surface area (Å²) in [6, 6.07) is 15.8. The second-order valence-corrected chi connectivity index (χ2v) is 5.42. The molecule has 2 aromatic carbocycles. The van der Waals surface area contributed by atoms with Crippen LogP contribution in [0.5, 0.6) is 0 Å². The van der Waals surface area contributed by atoms with Crippen molar-refractivity contribution in [3.05, 3.63) is 59.2 Å². The van der Waals surface area contributed by atoms with E-state index in [-0.39, 0.29) is 0 Å². The van der Waals surface area contributed by atoms with Crippen molar-refractivity contribution in [1.82, 2.24) is 5.32 Å². The number of aryl methyl sites for hydroxylation is 2. The quantitative estimate of drug-likeness (QED) is 0.871. The van der Waals surface area contributed by atoms with Crippen LogP contribution in [-0.4, -0.2) is 7.05 Å². The number of hydrogen-bond acceptors (Lipinski definition) is 1. The lowest BCUT2D eigenvalue weighted by atomic mass is 9.89. The summed E-state index contributed by atoms with van der Waals surface area (Å²) in [5.41, 5.74) is 7.15. The van der Waals surface area contributed by atoms with Gasteiger partial charge in [-0.25, -0.2) is 0 Å². The van der Waals surface area contributed by atoms with Crippen molar-refractivity contribution in [3.63, 3.8) is 0 Å². The summed E-state index contributed by atoms with van der Waals surface area (Å²) in [5, 5.41) is 3.21. The van der Waals surface area contributed by atoms with Gasteiger partial charge in [-0.1, -0.05) is 36.4 Å². The Morgan fingerprint density at radius 1 is 0.895 bits per heavy atom. The van der Waals surface area contributed by atoms with Gasteiger partial charge in [0.25, 0.3) is 0 Å². The molecule has 0 aromatic heterocycles. The second kappa shape index (κ2) is 5.58. The van der Waals surface area contributed by atoms with Crippen molar-refractivity contribution < 1.29 is 0 Å². The summed E-state index contributed by atoms with van der Waals surface area (Å²) in [6.07, 6.45) is 5.20. The summed E-state index contributed by atoms with van der Waals surface area (Å²) in [5.74, 6) is 0. The van der Waals surface area contributed by atoms with Crippen molar-refractivity contribution in [3.8, 4) is 11.1 Å². The van der Waals surface area contributed by atoms with Gasteiger partial charge in [0.1, 0.15) is 0 Å². The van der Waals surface area contributed by atoms with Crippen LogP contribution in [0.25, 0.3) is 11.1 Å². The van der Waals surface area contributed by atoms with Crippen LogP contribution in [-0.2, 0) is 19.4 Å². The van der Waals surface area contributed by atoms with Gasteiger partial charge in [0.15, 0.2) is 0 Å². The molecule has 0 aliphatic heterocycles. The lowest BCUT2D eigenvalue weighted by Crippen LogP contribution is -2.05. The Morgan fingerprint density at radius 2 is 1.68 bits per heavy atom. The van der Waals surface area contributed by atoms with Crippen LogP contribution in [0.2, 0.25) is 0 Å². The van der Waals surface area contributed by atoms with Crippen LogP contribution in [0, 0.1) is 0 Å². The van der Waals surface area contributed by atoms with Crippen LogP contribution in [0.15, 0.2) is 42.5 Å². The first-order valence-electron chi connectivity index (χ1n) is 7.22. The molecule has 0 saturated carbocycles. The first-order chi connectivity index (χ1) is 9.36. The molecule has 0 heterocycles. The molecule has 1 heteroatoms. The molecule has 0 saturated heterocycles. The highest BCUT2D eigenvalue weighted by Gasteiger charge is 2.10. The first kappa shape index (κ1) is 12.4. The lowest BCUT2D eigenvalue weighted by molar-refractivity contribution is 0.686.